The first-order valence-electron chi connectivity index (χ1n) is 7.51. The van der Waals surface area contributed by atoms with Crippen LogP contribution in [0.3, 0.4) is 0 Å². The Bertz CT molecular complexity index is 696. The average Bonchev–Trinajstić information content (AvgIpc) is 3.27. The standard InChI is InChI=1S/C15H19N7/c1-3-12(8-16)22-10(2)13(9-18-22)20-15-17-7-6-14(21-15)19-11-4-5-11/h6-7,9,11-12H,3-5H2,1-2H3,(H2,17,19,20,21). The average molecular weight is 297 g/mol. The zero-order valence-electron chi connectivity index (χ0n) is 12.7. The van der Waals surface area contributed by atoms with Crippen LogP contribution in [0, 0.1) is 18.3 Å². The SMILES string of the molecule is CCC(C#N)n1ncc(Nc2nccc(NC3CC3)n2)c1C. The molecule has 2 aromatic rings. The third kappa shape index (κ3) is 3.01. The molecule has 0 bridgehead atoms. The summed E-state index contributed by atoms with van der Waals surface area (Å²) in [6.45, 7) is 3.90. The second-order valence-electron chi connectivity index (χ2n) is 5.45. The van der Waals surface area contributed by atoms with Crippen LogP contribution in [-0.4, -0.2) is 25.8 Å². The van der Waals surface area contributed by atoms with Crippen LogP contribution in [0.5, 0.6) is 0 Å². The molecule has 0 aromatic carbocycles. The molecule has 1 aliphatic rings. The summed E-state index contributed by atoms with van der Waals surface area (Å²) < 4.78 is 1.73. The molecule has 7 heteroatoms. The maximum Gasteiger partial charge on any atom is 0.229 e. The summed E-state index contributed by atoms with van der Waals surface area (Å²) in [7, 11) is 0. The minimum Gasteiger partial charge on any atom is -0.367 e. The fraction of sp³-hybridized carbons (Fsp3) is 0.467. The minimum absolute atomic E-state index is 0.251. The Balaban J connectivity index is 1.77. The van der Waals surface area contributed by atoms with Crippen molar-refractivity contribution in [3.8, 4) is 6.07 Å². The summed E-state index contributed by atoms with van der Waals surface area (Å²) >= 11 is 0. The molecule has 2 aromatic heterocycles. The van der Waals surface area contributed by atoms with Gasteiger partial charge in [-0.3, -0.25) is 4.68 Å². The van der Waals surface area contributed by atoms with E-state index in [2.05, 4.69) is 31.8 Å². The van der Waals surface area contributed by atoms with E-state index in [0.29, 0.717) is 12.0 Å². The predicted octanol–water partition coefficient (Wildman–Crippen LogP) is 2.77. The molecule has 0 radical (unpaired) electrons. The first-order valence-corrected chi connectivity index (χ1v) is 7.51. The molecular weight excluding hydrogens is 278 g/mol. The first-order chi connectivity index (χ1) is 10.7. The molecule has 2 heterocycles. The summed E-state index contributed by atoms with van der Waals surface area (Å²) in [5.41, 5.74) is 1.72. The van der Waals surface area contributed by atoms with Gasteiger partial charge in [-0.25, -0.2) is 4.98 Å². The van der Waals surface area contributed by atoms with Crippen LogP contribution in [0.1, 0.15) is 37.9 Å². The van der Waals surface area contributed by atoms with Crippen LogP contribution >= 0.6 is 0 Å². The molecule has 22 heavy (non-hydrogen) atoms. The van der Waals surface area contributed by atoms with Gasteiger partial charge in [-0.1, -0.05) is 6.92 Å². The molecule has 7 nitrogen and oxygen atoms in total. The van der Waals surface area contributed by atoms with Crippen molar-refractivity contribution in [3.05, 3.63) is 24.2 Å². The Morgan fingerprint density at radius 2 is 2.32 bits per heavy atom. The Kier molecular flexibility index (Phi) is 3.92. The van der Waals surface area contributed by atoms with E-state index in [0.717, 1.165) is 23.6 Å². The number of hydrogen-bond donors (Lipinski definition) is 2. The molecule has 2 N–H and O–H groups in total. The molecule has 3 rings (SSSR count). The molecule has 1 unspecified atom stereocenters. The monoisotopic (exact) mass is 297 g/mol. The van der Waals surface area contributed by atoms with Crippen LogP contribution in [0.2, 0.25) is 0 Å². The van der Waals surface area contributed by atoms with Gasteiger partial charge in [0, 0.05) is 12.2 Å². The van der Waals surface area contributed by atoms with Gasteiger partial charge in [-0.2, -0.15) is 15.3 Å². The van der Waals surface area contributed by atoms with Gasteiger partial charge in [0.05, 0.1) is 23.6 Å². The van der Waals surface area contributed by atoms with E-state index in [4.69, 9.17) is 5.26 Å². The lowest BCUT2D eigenvalue weighted by Gasteiger charge is -2.10. The molecule has 1 saturated carbocycles. The molecule has 0 amide bonds. The highest BCUT2D eigenvalue weighted by molar-refractivity contribution is 5.56. The quantitative estimate of drug-likeness (QED) is 0.852. The molecule has 0 spiro atoms. The molecule has 114 valence electrons. The van der Waals surface area contributed by atoms with E-state index in [1.165, 1.54) is 12.8 Å². The summed E-state index contributed by atoms with van der Waals surface area (Å²) in [5, 5.41) is 20.0. The van der Waals surface area contributed by atoms with E-state index >= 15 is 0 Å². The van der Waals surface area contributed by atoms with Gasteiger partial charge in [0.25, 0.3) is 0 Å². The number of hydrogen-bond acceptors (Lipinski definition) is 6. The molecule has 1 aliphatic carbocycles. The summed E-state index contributed by atoms with van der Waals surface area (Å²) in [5.74, 6) is 1.35. The minimum atomic E-state index is -0.251. The predicted molar refractivity (Wildman–Crippen MR) is 83.9 cm³/mol. The van der Waals surface area contributed by atoms with Crippen molar-refractivity contribution in [3.63, 3.8) is 0 Å². The topological polar surface area (TPSA) is 91.5 Å². The zero-order valence-corrected chi connectivity index (χ0v) is 12.7. The number of anilines is 3. The highest BCUT2D eigenvalue weighted by atomic mass is 15.3. The zero-order chi connectivity index (χ0) is 15.5. The third-order valence-electron chi connectivity index (χ3n) is 3.71. The summed E-state index contributed by atoms with van der Waals surface area (Å²) in [6.07, 6.45) is 6.55. The number of nitrogens with one attached hydrogen (secondary N) is 2. The van der Waals surface area contributed by atoms with E-state index in [1.54, 1.807) is 17.1 Å². The van der Waals surface area contributed by atoms with Crippen LogP contribution in [0.25, 0.3) is 0 Å². The highest BCUT2D eigenvalue weighted by Gasteiger charge is 2.21. The van der Waals surface area contributed by atoms with E-state index < -0.39 is 0 Å². The van der Waals surface area contributed by atoms with Crippen LogP contribution < -0.4 is 10.6 Å². The smallest absolute Gasteiger partial charge is 0.229 e. The summed E-state index contributed by atoms with van der Waals surface area (Å²) in [6, 6.07) is 4.42. The van der Waals surface area contributed by atoms with Crippen LogP contribution in [0.15, 0.2) is 18.5 Å². The molecule has 0 aliphatic heterocycles. The maximum atomic E-state index is 9.16. The van der Waals surface area contributed by atoms with Gasteiger partial charge in [0.2, 0.25) is 5.95 Å². The number of nitrogens with zero attached hydrogens (tertiary/aromatic N) is 5. The number of aromatic nitrogens is 4. The lowest BCUT2D eigenvalue weighted by molar-refractivity contribution is 0.522. The second-order valence-corrected chi connectivity index (χ2v) is 5.45. The van der Waals surface area contributed by atoms with Crippen molar-refractivity contribution in [2.45, 2.75) is 45.2 Å². The Hall–Kier alpha value is -2.62. The Labute approximate surface area is 129 Å². The van der Waals surface area contributed by atoms with Gasteiger partial charge in [0.1, 0.15) is 11.9 Å². The molecule has 1 fully saturated rings. The van der Waals surface area contributed by atoms with Crippen LogP contribution in [-0.2, 0) is 0 Å². The number of nitriles is 1. The van der Waals surface area contributed by atoms with Crippen molar-refractivity contribution >= 4 is 17.5 Å². The van der Waals surface area contributed by atoms with Crippen molar-refractivity contribution in [2.75, 3.05) is 10.6 Å². The van der Waals surface area contributed by atoms with E-state index in [9.17, 15) is 0 Å². The van der Waals surface area contributed by atoms with Crippen molar-refractivity contribution < 1.29 is 0 Å². The molecule has 0 saturated heterocycles. The Morgan fingerprint density at radius 1 is 1.50 bits per heavy atom. The van der Waals surface area contributed by atoms with Gasteiger partial charge in [0.15, 0.2) is 0 Å². The summed E-state index contributed by atoms with van der Waals surface area (Å²) in [4.78, 5) is 8.68. The van der Waals surface area contributed by atoms with Gasteiger partial charge >= 0.3 is 0 Å². The van der Waals surface area contributed by atoms with Crippen molar-refractivity contribution in [2.24, 2.45) is 0 Å². The normalized spacial score (nSPS) is 15.1. The first kappa shape index (κ1) is 14.3. The van der Waals surface area contributed by atoms with E-state index in [1.807, 2.05) is 19.9 Å². The maximum absolute atomic E-state index is 9.16. The second kappa shape index (κ2) is 6.02. The number of rotatable bonds is 6. The van der Waals surface area contributed by atoms with Crippen molar-refractivity contribution in [1.29, 1.82) is 5.26 Å². The van der Waals surface area contributed by atoms with Gasteiger partial charge in [-0.15, -0.1) is 0 Å². The van der Waals surface area contributed by atoms with Crippen molar-refractivity contribution in [1.82, 2.24) is 19.7 Å². The van der Waals surface area contributed by atoms with E-state index in [-0.39, 0.29) is 6.04 Å². The Morgan fingerprint density at radius 3 is 3.00 bits per heavy atom. The largest absolute Gasteiger partial charge is 0.367 e. The fourth-order valence-electron chi connectivity index (χ4n) is 2.24. The molecule has 1 atom stereocenters. The highest BCUT2D eigenvalue weighted by Crippen LogP contribution is 2.25. The van der Waals surface area contributed by atoms with Crippen LogP contribution in [0.4, 0.5) is 17.5 Å². The lowest BCUT2D eigenvalue weighted by Crippen LogP contribution is -2.10. The third-order valence-corrected chi connectivity index (χ3v) is 3.71. The van der Waals surface area contributed by atoms with Gasteiger partial charge in [-0.05, 0) is 32.3 Å². The fourth-order valence-corrected chi connectivity index (χ4v) is 2.24. The van der Waals surface area contributed by atoms with Gasteiger partial charge < -0.3 is 10.6 Å². The lowest BCUT2D eigenvalue weighted by atomic mass is 10.2. The molecular formula is C15H19N7.